The molecule has 18 heavy (non-hydrogen) atoms. The Hall–Kier alpha value is -1.43. The Morgan fingerprint density at radius 2 is 2.22 bits per heavy atom. The molecule has 0 aliphatic carbocycles. The van der Waals surface area contributed by atoms with Crippen LogP contribution in [0.1, 0.15) is 29.3 Å². The van der Waals surface area contributed by atoms with Gasteiger partial charge in [0, 0.05) is 16.9 Å². The molecule has 1 N–H and O–H groups in total. The van der Waals surface area contributed by atoms with Crippen LogP contribution in [-0.4, -0.2) is 22.2 Å². The van der Waals surface area contributed by atoms with Crippen molar-refractivity contribution in [1.29, 1.82) is 0 Å². The van der Waals surface area contributed by atoms with Crippen molar-refractivity contribution in [3.8, 4) is 0 Å². The molecule has 1 aromatic carbocycles. The second-order valence-electron chi connectivity index (χ2n) is 3.96. The summed E-state index contributed by atoms with van der Waals surface area (Å²) in [6.07, 6.45) is 0.761. The van der Waals surface area contributed by atoms with Gasteiger partial charge >= 0.3 is 0 Å². The minimum absolute atomic E-state index is 0.0300. The molecule has 0 saturated heterocycles. The van der Waals surface area contributed by atoms with Crippen molar-refractivity contribution < 1.29 is 9.72 Å². The average molecular weight is 315 g/mol. The van der Waals surface area contributed by atoms with Crippen molar-refractivity contribution in [3.05, 3.63) is 39.4 Å². The molecule has 0 saturated carbocycles. The van der Waals surface area contributed by atoms with Crippen molar-refractivity contribution >= 4 is 27.5 Å². The zero-order chi connectivity index (χ0) is 13.7. The van der Waals surface area contributed by atoms with Gasteiger partial charge < -0.3 is 5.32 Å². The quantitative estimate of drug-likeness (QED) is 0.516. The van der Waals surface area contributed by atoms with Crippen molar-refractivity contribution in [1.82, 2.24) is 5.32 Å². The summed E-state index contributed by atoms with van der Waals surface area (Å²) < 4.78 is 0. The van der Waals surface area contributed by atoms with Crippen LogP contribution < -0.4 is 5.32 Å². The van der Waals surface area contributed by atoms with Gasteiger partial charge in [-0.2, -0.15) is 0 Å². The summed E-state index contributed by atoms with van der Waals surface area (Å²) in [5.41, 5.74) is 0.471. The molecule has 6 heteroatoms. The SMILES string of the molecule is CCC(CBr)NC(=O)c1cccc(C)c1[N+](=O)[O-]. The van der Waals surface area contributed by atoms with Crippen molar-refractivity contribution in [2.75, 3.05) is 5.33 Å². The Morgan fingerprint density at radius 3 is 2.72 bits per heavy atom. The fraction of sp³-hybridized carbons (Fsp3) is 0.417. The highest BCUT2D eigenvalue weighted by atomic mass is 79.9. The monoisotopic (exact) mass is 314 g/mol. The fourth-order valence-electron chi connectivity index (χ4n) is 1.60. The topological polar surface area (TPSA) is 72.2 Å². The van der Waals surface area contributed by atoms with Gasteiger partial charge in [0.1, 0.15) is 5.56 Å². The van der Waals surface area contributed by atoms with E-state index in [4.69, 9.17) is 0 Å². The summed E-state index contributed by atoms with van der Waals surface area (Å²) in [5, 5.41) is 14.4. The van der Waals surface area contributed by atoms with Crippen molar-refractivity contribution in [2.24, 2.45) is 0 Å². The van der Waals surface area contributed by atoms with Crippen LogP contribution in [0.5, 0.6) is 0 Å². The molecule has 0 heterocycles. The van der Waals surface area contributed by atoms with E-state index in [0.717, 1.165) is 6.42 Å². The summed E-state index contributed by atoms with van der Waals surface area (Å²) in [7, 11) is 0. The molecule has 0 fully saturated rings. The van der Waals surface area contributed by atoms with Crippen LogP contribution in [0.2, 0.25) is 0 Å². The summed E-state index contributed by atoms with van der Waals surface area (Å²) in [6, 6.07) is 4.71. The van der Waals surface area contributed by atoms with Crippen LogP contribution in [0.4, 0.5) is 5.69 Å². The van der Waals surface area contributed by atoms with Gasteiger partial charge in [-0.05, 0) is 19.4 Å². The Bertz CT molecular complexity index is 459. The van der Waals surface area contributed by atoms with E-state index in [1.54, 1.807) is 19.1 Å². The highest BCUT2D eigenvalue weighted by Crippen LogP contribution is 2.23. The number of hydrogen-bond donors (Lipinski definition) is 1. The first-order chi connectivity index (χ1) is 8.51. The average Bonchev–Trinajstić information content (AvgIpc) is 2.34. The Labute approximate surface area is 114 Å². The number of carbonyl (C=O) groups is 1. The predicted octanol–water partition coefficient (Wildman–Crippen LogP) is 2.81. The minimum Gasteiger partial charge on any atom is -0.348 e. The number of benzene rings is 1. The van der Waals surface area contributed by atoms with E-state index in [2.05, 4.69) is 21.2 Å². The Morgan fingerprint density at radius 1 is 1.56 bits per heavy atom. The molecule has 1 atom stereocenters. The molecule has 1 aromatic rings. The third kappa shape index (κ3) is 3.29. The molecule has 0 spiro atoms. The van der Waals surface area contributed by atoms with Gasteiger partial charge in [0.2, 0.25) is 0 Å². The molecule has 1 unspecified atom stereocenters. The largest absolute Gasteiger partial charge is 0.348 e. The number of alkyl halides is 1. The van der Waals surface area contributed by atoms with Crippen LogP contribution in [0.15, 0.2) is 18.2 Å². The van der Waals surface area contributed by atoms with E-state index in [1.165, 1.54) is 6.07 Å². The minimum atomic E-state index is -0.515. The van der Waals surface area contributed by atoms with Crippen LogP contribution in [0, 0.1) is 17.0 Å². The molecule has 1 rings (SSSR count). The summed E-state index contributed by atoms with van der Waals surface area (Å²) >= 11 is 3.29. The lowest BCUT2D eigenvalue weighted by Crippen LogP contribution is -2.35. The van der Waals surface area contributed by atoms with E-state index in [-0.39, 0.29) is 17.3 Å². The second kappa shape index (κ2) is 6.49. The van der Waals surface area contributed by atoms with Gasteiger partial charge in [0.25, 0.3) is 11.6 Å². The van der Waals surface area contributed by atoms with E-state index in [9.17, 15) is 14.9 Å². The first kappa shape index (κ1) is 14.6. The number of amides is 1. The maximum absolute atomic E-state index is 12.0. The lowest BCUT2D eigenvalue weighted by molar-refractivity contribution is -0.385. The van der Waals surface area contributed by atoms with Crippen molar-refractivity contribution in [2.45, 2.75) is 26.3 Å². The first-order valence-electron chi connectivity index (χ1n) is 5.62. The normalized spacial score (nSPS) is 11.9. The molecule has 1 amide bonds. The number of aryl methyl sites for hydroxylation is 1. The molecule has 0 aliphatic heterocycles. The molecule has 0 aromatic heterocycles. The number of nitro groups is 1. The van der Waals surface area contributed by atoms with Gasteiger partial charge in [-0.15, -0.1) is 0 Å². The third-order valence-corrected chi connectivity index (χ3v) is 3.46. The molecule has 98 valence electrons. The van der Waals surface area contributed by atoms with Crippen molar-refractivity contribution in [3.63, 3.8) is 0 Å². The maximum Gasteiger partial charge on any atom is 0.285 e. The highest BCUT2D eigenvalue weighted by molar-refractivity contribution is 9.09. The maximum atomic E-state index is 12.0. The molecule has 0 aliphatic rings. The molecule has 5 nitrogen and oxygen atoms in total. The molecule has 0 bridgehead atoms. The lowest BCUT2D eigenvalue weighted by Gasteiger charge is -2.14. The summed E-state index contributed by atoms with van der Waals surface area (Å²) in [5.74, 6) is -0.406. The number of rotatable bonds is 5. The first-order valence-corrected chi connectivity index (χ1v) is 6.74. The number of carbonyl (C=O) groups excluding carboxylic acids is 1. The number of nitro benzene ring substituents is 1. The fourth-order valence-corrected chi connectivity index (χ4v) is 2.22. The van der Waals surface area contributed by atoms with E-state index in [1.807, 2.05) is 6.92 Å². The van der Waals surface area contributed by atoms with Crippen LogP contribution in [-0.2, 0) is 0 Å². The van der Waals surface area contributed by atoms with Gasteiger partial charge in [0.15, 0.2) is 0 Å². The molecular weight excluding hydrogens is 300 g/mol. The Kier molecular flexibility index (Phi) is 5.27. The molecular formula is C12H15BrN2O3. The second-order valence-corrected chi connectivity index (χ2v) is 4.61. The van der Waals surface area contributed by atoms with Gasteiger partial charge in [0.05, 0.1) is 4.92 Å². The predicted molar refractivity (Wildman–Crippen MR) is 73.2 cm³/mol. The van der Waals surface area contributed by atoms with E-state index < -0.39 is 10.8 Å². The zero-order valence-electron chi connectivity index (χ0n) is 10.3. The van der Waals surface area contributed by atoms with Gasteiger partial charge in [-0.25, -0.2) is 0 Å². The van der Waals surface area contributed by atoms with Crippen LogP contribution in [0.25, 0.3) is 0 Å². The molecule has 0 radical (unpaired) electrons. The zero-order valence-corrected chi connectivity index (χ0v) is 11.9. The van der Waals surface area contributed by atoms with Crippen LogP contribution >= 0.6 is 15.9 Å². The van der Waals surface area contributed by atoms with Gasteiger partial charge in [-0.1, -0.05) is 35.0 Å². The summed E-state index contributed by atoms with van der Waals surface area (Å²) in [6.45, 7) is 3.56. The number of hydrogen-bond acceptors (Lipinski definition) is 3. The number of nitrogens with one attached hydrogen (secondary N) is 1. The number of nitrogens with zero attached hydrogens (tertiary/aromatic N) is 1. The standard InChI is InChI=1S/C12H15BrN2O3/c1-3-9(7-13)14-12(16)10-6-4-5-8(2)11(10)15(17)18/h4-6,9H,3,7H2,1-2H3,(H,14,16). The lowest BCUT2D eigenvalue weighted by atomic mass is 10.1. The van der Waals surface area contributed by atoms with E-state index >= 15 is 0 Å². The van der Waals surface area contributed by atoms with Crippen LogP contribution in [0.3, 0.4) is 0 Å². The smallest absolute Gasteiger partial charge is 0.285 e. The summed E-state index contributed by atoms with van der Waals surface area (Å²) in [4.78, 5) is 22.5. The highest BCUT2D eigenvalue weighted by Gasteiger charge is 2.23. The van der Waals surface area contributed by atoms with E-state index in [0.29, 0.717) is 10.9 Å². The number of para-hydroxylation sites is 1. The Balaban J connectivity index is 3.06. The third-order valence-electron chi connectivity index (χ3n) is 2.68. The van der Waals surface area contributed by atoms with Gasteiger partial charge in [-0.3, -0.25) is 14.9 Å². The number of halogens is 1.